The molecule has 4 aromatic rings. The number of nitrogens with zero attached hydrogens (tertiary/aromatic N) is 1. The molecule has 45 heavy (non-hydrogen) atoms. The van der Waals surface area contributed by atoms with Crippen LogP contribution >= 0.6 is 0 Å². The summed E-state index contributed by atoms with van der Waals surface area (Å²) in [6.45, 7) is 0. The van der Waals surface area contributed by atoms with Gasteiger partial charge in [0.1, 0.15) is 5.75 Å². The van der Waals surface area contributed by atoms with E-state index in [-0.39, 0.29) is 21.7 Å². The van der Waals surface area contributed by atoms with E-state index in [0.29, 0.717) is 17.5 Å². The Morgan fingerprint density at radius 1 is 0.733 bits per heavy atom. The zero-order valence-corrected chi connectivity index (χ0v) is 25.1. The Bertz CT molecular complexity index is 1950. The van der Waals surface area contributed by atoms with E-state index in [9.17, 15) is 39.6 Å². The van der Waals surface area contributed by atoms with Crippen LogP contribution in [-0.4, -0.2) is 42.8 Å². The van der Waals surface area contributed by atoms with Crippen molar-refractivity contribution in [3.05, 3.63) is 114 Å². The second kappa shape index (κ2) is 12.9. The van der Waals surface area contributed by atoms with Gasteiger partial charge in [0, 0.05) is 23.9 Å². The number of halogens is 3. The summed E-state index contributed by atoms with van der Waals surface area (Å²) in [7, 11) is -5.66. The highest BCUT2D eigenvalue weighted by Gasteiger charge is 2.31. The molecule has 0 aliphatic carbocycles. The molecule has 236 valence electrons. The maximum atomic E-state index is 13.1. The van der Waals surface area contributed by atoms with E-state index in [1.54, 1.807) is 24.3 Å². The molecule has 4 rings (SSSR count). The number of hydrogen-bond donors (Lipinski definition) is 3. The van der Waals surface area contributed by atoms with Crippen LogP contribution in [-0.2, 0) is 26.2 Å². The third kappa shape index (κ3) is 7.53. The molecular formula is C29H25F3N4O7S2. The molecule has 0 saturated carbocycles. The van der Waals surface area contributed by atoms with Gasteiger partial charge in [-0.1, -0.05) is 24.3 Å². The van der Waals surface area contributed by atoms with Crippen LogP contribution in [0, 0.1) is 0 Å². The van der Waals surface area contributed by atoms with E-state index in [2.05, 4.69) is 10.9 Å². The first kappa shape index (κ1) is 32.8. The molecular weight excluding hydrogens is 637 g/mol. The van der Waals surface area contributed by atoms with E-state index < -0.39 is 48.5 Å². The molecule has 0 unspecified atom stereocenters. The normalized spacial score (nSPS) is 11.8. The van der Waals surface area contributed by atoms with Gasteiger partial charge in [0.15, 0.2) is 0 Å². The first-order valence-corrected chi connectivity index (χ1v) is 15.7. The number of anilines is 2. The number of carbonyl (C=O) groups is 2. The topological polar surface area (TPSA) is 151 Å². The summed E-state index contributed by atoms with van der Waals surface area (Å²) in [5.74, 6) is -1.37. The van der Waals surface area contributed by atoms with Gasteiger partial charge in [-0.25, -0.2) is 16.8 Å². The Morgan fingerprint density at radius 2 is 1.36 bits per heavy atom. The van der Waals surface area contributed by atoms with E-state index >= 15 is 0 Å². The predicted molar refractivity (Wildman–Crippen MR) is 159 cm³/mol. The van der Waals surface area contributed by atoms with Gasteiger partial charge in [0.25, 0.3) is 31.9 Å². The molecule has 16 heteroatoms. The van der Waals surface area contributed by atoms with Crippen LogP contribution in [0.3, 0.4) is 0 Å². The molecule has 0 aliphatic rings. The third-order valence-electron chi connectivity index (χ3n) is 6.34. The number of alkyl halides is 3. The van der Waals surface area contributed by atoms with E-state index in [0.717, 1.165) is 34.6 Å². The van der Waals surface area contributed by atoms with Crippen LogP contribution < -0.4 is 24.6 Å². The van der Waals surface area contributed by atoms with Crippen LogP contribution in [0.15, 0.2) is 107 Å². The molecule has 11 nitrogen and oxygen atoms in total. The summed E-state index contributed by atoms with van der Waals surface area (Å²) in [6.07, 6.45) is -4.68. The first-order valence-electron chi connectivity index (χ1n) is 12.8. The van der Waals surface area contributed by atoms with E-state index in [4.69, 9.17) is 4.74 Å². The maximum Gasteiger partial charge on any atom is 0.416 e. The van der Waals surface area contributed by atoms with Gasteiger partial charge in [-0.05, 0) is 72.8 Å². The fraction of sp³-hybridized carbons (Fsp3) is 0.103. The standard InChI is InChI=1S/C29H25F3N4O7S2/c1-36(25-11-3-4-12-26(25)43-2)45(41,42)23-15-13-19(14-16-23)27(37)33-34-28(38)20-7-5-10-24(17-20)44(39,40)35-22-9-6-8-21(18-22)29(30,31)32/h3-18,35H,1-2H3,(H,33,37)(H,34,38). The Kier molecular flexibility index (Phi) is 9.39. The molecule has 0 aliphatic heterocycles. The molecule has 3 N–H and O–H groups in total. The Hall–Kier alpha value is -5.09. The Labute approximate surface area is 256 Å². The van der Waals surface area contributed by atoms with Crippen LogP contribution in [0.2, 0.25) is 0 Å². The quantitative estimate of drug-likeness (QED) is 0.225. The lowest BCUT2D eigenvalue weighted by Gasteiger charge is -2.21. The molecule has 0 heterocycles. The van der Waals surface area contributed by atoms with Gasteiger partial charge in [-0.15, -0.1) is 0 Å². The summed E-state index contributed by atoms with van der Waals surface area (Å²) >= 11 is 0. The number of methoxy groups -OCH3 is 1. The number of sulfonamides is 2. The van der Waals surface area contributed by atoms with Crippen LogP contribution in [0.25, 0.3) is 0 Å². The van der Waals surface area contributed by atoms with Crippen LogP contribution in [0.5, 0.6) is 5.75 Å². The molecule has 4 aromatic carbocycles. The predicted octanol–water partition coefficient (Wildman–Crippen LogP) is 4.41. The highest BCUT2D eigenvalue weighted by Crippen LogP contribution is 2.32. The number of benzene rings is 4. The summed E-state index contributed by atoms with van der Waals surface area (Å²) < 4.78 is 99.1. The fourth-order valence-electron chi connectivity index (χ4n) is 3.99. The van der Waals surface area contributed by atoms with Gasteiger partial charge < -0.3 is 4.74 Å². The van der Waals surface area contributed by atoms with Gasteiger partial charge in [0.2, 0.25) is 0 Å². The Balaban J connectivity index is 1.42. The molecule has 2 amide bonds. The number of carbonyl (C=O) groups excluding carboxylic acids is 2. The third-order valence-corrected chi connectivity index (χ3v) is 9.50. The van der Waals surface area contributed by atoms with Crippen molar-refractivity contribution in [2.45, 2.75) is 16.0 Å². The van der Waals surface area contributed by atoms with Crippen molar-refractivity contribution in [3.63, 3.8) is 0 Å². The summed E-state index contributed by atoms with van der Waals surface area (Å²) in [5.41, 5.74) is 2.99. The van der Waals surface area contributed by atoms with Crippen LogP contribution in [0.4, 0.5) is 24.5 Å². The summed E-state index contributed by atoms with van der Waals surface area (Å²) in [4.78, 5) is 24.7. The minimum Gasteiger partial charge on any atom is -0.495 e. The van der Waals surface area contributed by atoms with E-state index in [1.807, 2.05) is 4.72 Å². The Morgan fingerprint density at radius 3 is 2.00 bits per heavy atom. The van der Waals surface area contributed by atoms with Gasteiger partial charge in [-0.3, -0.25) is 29.5 Å². The van der Waals surface area contributed by atoms with Crippen molar-refractivity contribution in [3.8, 4) is 5.75 Å². The number of hydrogen-bond acceptors (Lipinski definition) is 7. The maximum absolute atomic E-state index is 13.1. The molecule has 0 aromatic heterocycles. The molecule has 0 atom stereocenters. The number of ether oxygens (including phenoxy) is 1. The molecule has 0 saturated heterocycles. The van der Waals surface area contributed by atoms with E-state index in [1.165, 1.54) is 50.6 Å². The second-order valence-corrected chi connectivity index (χ2v) is 12.9. The molecule has 0 bridgehead atoms. The number of amides is 2. The van der Waals surface area contributed by atoms with Crippen molar-refractivity contribution < 1.29 is 44.3 Å². The number of hydrazine groups is 1. The second-order valence-electron chi connectivity index (χ2n) is 9.29. The number of rotatable bonds is 9. The monoisotopic (exact) mass is 662 g/mol. The molecule has 0 spiro atoms. The smallest absolute Gasteiger partial charge is 0.416 e. The minimum atomic E-state index is -4.68. The first-order chi connectivity index (χ1) is 21.1. The van der Waals surface area contributed by atoms with Gasteiger partial charge in [0.05, 0.1) is 28.2 Å². The lowest BCUT2D eigenvalue weighted by atomic mass is 10.2. The fourth-order valence-corrected chi connectivity index (χ4v) is 6.29. The minimum absolute atomic E-state index is 0.00388. The average Bonchev–Trinajstić information content (AvgIpc) is 3.02. The molecule has 0 radical (unpaired) electrons. The number of para-hydroxylation sites is 2. The summed E-state index contributed by atoms with van der Waals surface area (Å²) in [6, 6.07) is 19.6. The van der Waals surface area contributed by atoms with Crippen molar-refractivity contribution in [2.75, 3.05) is 23.2 Å². The van der Waals surface area contributed by atoms with Crippen molar-refractivity contribution in [2.24, 2.45) is 0 Å². The highest BCUT2D eigenvalue weighted by molar-refractivity contribution is 7.93. The van der Waals surface area contributed by atoms with Gasteiger partial charge in [-0.2, -0.15) is 13.2 Å². The van der Waals surface area contributed by atoms with Crippen molar-refractivity contribution >= 4 is 43.2 Å². The lowest BCUT2D eigenvalue weighted by Crippen LogP contribution is -2.41. The largest absolute Gasteiger partial charge is 0.495 e. The lowest BCUT2D eigenvalue weighted by molar-refractivity contribution is -0.137. The van der Waals surface area contributed by atoms with Crippen LogP contribution in [0.1, 0.15) is 26.3 Å². The SMILES string of the molecule is COc1ccccc1N(C)S(=O)(=O)c1ccc(C(=O)NNC(=O)c2cccc(S(=O)(=O)Nc3cccc(C(F)(F)F)c3)c2)cc1. The number of nitrogens with one attached hydrogen (secondary N) is 3. The zero-order valence-electron chi connectivity index (χ0n) is 23.5. The van der Waals surface area contributed by atoms with Gasteiger partial charge >= 0.3 is 6.18 Å². The van der Waals surface area contributed by atoms with Crippen molar-refractivity contribution in [1.82, 2.24) is 10.9 Å². The zero-order chi connectivity index (χ0) is 33.0. The highest BCUT2D eigenvalue weighted by atomic mass is 32.2. The summed E-state index contributed by atoms with van der Waals surface area (Å²) in [5, 5.41) is 0. The van der Waals surface area contributed by atoms with Crippen molar-refractivity contribution in [1.29, 1.82) is 0 Å². The molecule has 0 fully saturated rings. The average molecular weight is 663 g/mol.